The fraction of sp³-hybridized carbons (Fsp3) is 0.0526. The molecule has 0 saturated carbocycles. The van der Waals surface area contributed by atoms with Crippen molar-refractivity contribution < 1.29 is 0 Å². The Morgan fingerprint density at radius 3 is 2.77 bits per heavy atom. The lowest BCUT2D eigenvalue weighted by atomic mass is 10.1. The van der Waals surface area contributed by atoms with Crippen LogP contribution in [0.5, 0.6) is 0 Å². The van der Waals surface area contributed by atoms with Gasteiger partial charge in [0, 0.05) is 42.2 Å². The molecule has 0 radical (unpaired) electrons. The van der Waals surface area contributed by atoms with E-state index in [1.807, 2.05) is 40.2 Å². The highest BCUT2D eigenvalue weighted by atomic mass is 32.1. The molecule has 7 N–H and O–H groups in total. The van der Waals surface area contributed by atoms with E-state index in [2.05, 4.69) is 25.9 Å². The number of imidazole rings is 1. The Morgan fingerprint density at radius 1 is 1.23 bits per heavy atom. The van der Waals surface area contributed by atoms with E-state index in [1.165, 1.54) is 17.6 Å². The number of thiazole rings is 1. The minimum absolute atomic E-state index is 0.498. The number of nitrogens with two attached hydrogens (primary N) is 2. The second kappa shape index (κ2) is 8.45. The quantitative estimate of drug-likeness (QED) is 0.136. The van der Waals surface area contributed by atoms with Crippen LogP contribution in [-0.2, 0) is 0 Å². The van der Waals surface area contributed by atoms with E-state index >= 15 is 0 Å². The van der Waals surface area contributed by atoms with Gasteiger partial charge in [-0.15, -0.1) is 22.7 Å². The average Bonchev–Trinajstić information content (AvgIpc) is 3.52. The fourth-order valence-electron chi connectivity index (χ4n) is 2.98. The Balaban J connectivity index is 1.77. The molecule has 152 valence electrons. The summed E-state index contributed by atoms with van der Waals surface area (Å²) in [5.41, 5.74) is 15.7. The van der Waals surface area contributed by atoms with E-state index in [4.69, 9.17) is 17.0 Å². The van der Waals surface area contributed by atoms with E-state index in [1.54, 1.807) is 30.8 Å². The van der Waals surface area contributed by atoms with Gasteiger partial charge in [-0.05, 0) is 24.3 Å². The summed E-state index contributed by atoms with van der Waals surface area (Å²) in [6.45, 7) is 0. The van der Waals surface area contributed by atoms with Gasteiger partial charge in [0.05, 0.1) is 21.6 Å². The zero-order valence-corrected chi connectivity index (χ0v) is 17.6. The zero-order chi connectivity index (χ0) is 21.1. The van der Waals surface area contributed by atoms with Crippen molar-refractivity contribution in [1.82, 2.24) is 25.2 Å². The van der Waals surface area contributed by atoms with Crippen molar-refractivity contribution in [2.75, 3.05) is 7.05 Å². The van der Waals surface area contributed by atoms with Crippen molar-refractivity contribution in [3.63, 3.8) is 0 Å². The number of aromatic nitrogens is 3. The highest BCUT2D eigenvalue weighted by Gasteiger charge is 2.14. The third-order valence-electron chi connectivity index (χ3n) is 4.38. The number of hydrogen-bond acceptors (Lipinski definition) is 9. The second-order valence-electron chi connectivity index (χ2n) is 6.11. The number of amidine groups is 1. The predicted octanol–water partition coefficient (Wildman–Crippen LogP) is 2.34. The molecule has 0 spiro atoms. The molecule has 0 saturated heterocycles. The molecule has 0 aliphatic rings. The van der Waals surface area contributed by atoms with E-state index < -0.39 is 0 Å². The Labute approximate surface area is 180 Å². The molecule has 0 atom stereocenters. The number of rotatable bonds is 6. The van der Waals surface area contributed by atoms with Gasteiger partial charge in [-0.3, -0.25) is 4.40 Å². The maximum atomic E-state index is 7.98. The van der Waals surface area contributed by atoms with Crippen molar-refractivity contribution in [1.29, 1.82) is 5.41 Å². The molecule has 11 heteroatoms. The normalized spacial score (nSPS) is 12.8. The Hall–Kier alpha value is -3.54. The van der Waals surface area contributed by atoms with Gasteiger partial charge >= 0.3 is 0 Å². The number of nitrogens with zero attached hydrogens (tertiary/aromatic N) is 4. The summed E-state index contributed by atoms with van der Waals surface area (Å²) in [4.78, 5) is 10.5. The first-order valence-corrected chi connectivity index (χ1v) is 10.5. The molecule has 0 bridgehead atoms. The zero-order valence-electron chi connectivity index (χ0n) is 16.0. The van der Waals surface area contributed by atoms with Gasteiger partial charge in [-0.1, -0.05) is 0 Å². The van der Waals surface area contributed by atoms with Crippen LogP contribution in [0.25, 0.3) is 27.6 Å². The highest BCUT2D eigenvalue weighted by molar-refractivity contribution is 7.15. The van der Waals surface area contributed by atoms with Crippen molar-refractivity contribution >= 4 is 51.6 Å². The summed E-state index contributed by atoms with van der Waals surface area (Å²) in [7, 11) is 1.73. The van der Waals surface area contributed by atoms with Crippen LogP contribution in [-0.4, -0.2) is 33.5 Å². The van der Waals surface area contributed by atoms with Gasteiger partial charge in [0.1, 0.15) is 16.3 Å². The van der Waals surface area contributed by atoms with E-state index in [0.29, 0.717) is 17.1 Å². The van der Waals surface area contributed by atoms with Gasteiger partial charge in [-0.2, -0.15) is 5.10 Å². The summed E-state index contributed by atoms with van der Waals surface area (Å²) < 4.78 is 1.96. The van der Waals surface area contributed by atoms with E-state index in [0.717, 1.165) is 31.7 Å². The van der Waals surface area contributed by atoms with E-state index in [9.17, 15) is 0 Å². The molecule has 4 heterocycles. The minimum atomic E-state index is 0.498. The second-order valence-corrected chi connectivity index (χ2v) is 8.09. The molecule has 4 aromatic heterocycles. The monoisotopic (exact) mass is 437 g/mol. The molecule has 4 aromatic rings. The first kappa shape index (κ1) is 19.8. The molecule has 0 fully saturated rings. The Morgan fingerprint density at radius 2 is 2.07 bits per heavy atom. The van der Waals surface area contributed by atoms with Gasteiger partial charge in [-0.25, -0.2) is 15.4 Å². The molecule has 0 aromatic carbocycles. The third kappa shape index (κ3) is 3.56. The number of hydrazine groups is 1. The number of allylic oxidation sites excluding steroid dienone is 1. The van der Waals surface area contributed by atoms with Gasteiger partial charge in [0.25, 0.3) is 0 Å². The van der Waals surface area contributed by atoms with Crippen molar-refractivity contribution in [2.45, 2.75) is 0 Å². The summed E-state index contributed by atoms with van der Waals surface area (Å²) in [6, 6.07) is 7.58. The van der Waals surface area contributed by atoms with E-state index in [-0.39, 0.29) is 0 Å². The topological polar surface area (TPSA) is 142 Å². The number of hydrogen-bond donors (Lipinski definition) is 5. The minimum Gasteiger partial charge on any atom is -0.397 e. The molecule has 9 nitrogen and oxygen atoms in total. The van der Waals surface area contributed by atoms with Crippen LogP contribution in [0, 0.1) is 5.41 Å². The third-order valence-corrected chi connectivity index (χ3v) is 6.30. The molecule has 0 amide bonds. The number of fused-ring (bicyclic) bond motifs is 1. The number of nitrogens with one attached hydrogen (secondary N) is 3. The molecular formula is C19H19N9S2. The summed E-state index contributed by atoms with van der Waals surface area (Å²) >= 11 is 2.98. The number of hydrazone groups is 1. The number of thiophene rings is 1. The fourth-order valence-corrected chi connectivity index (χ4v) is 4.56. The molecule has 0 unspecified atom stereocenters. The van der Waals surface area contributed by atoms with Crippen molar-refractivity contribution in [2.24, 2.45) is 16.7 Å². The molecular weight excluding hydrogens is 418 g/mol. The van der Waals surface area contributed by atoms with Crippen LogP contribution >= 0.6 is 22.7 Å². The summed E-state index contributed by atoms with van der Waals surface area (Å²) in [5, 5.41) is 14.5. The highest BCUT2D eigenvalue weighted by Crippen LogP contribution is 2.29. The van der Waals surface area contributed by atoms with Crippen LogP contribution < -0.4 is 22.4 Å². The van der Waals surface area contributed by atoms with Gasteiger partial charge in [0.15, 0.2) is 5.84 Å². The first-order valence-electron chi connectivity index (χ1n) is 8.85. The molecule has 0 aliphatic carbocycles. The van der Waals surface area contributed by atoms with Crippen LogP contribution in [0.3, 0.4) is 0 Å². The maximum absolute atomic E-state index is 7.98. The molecule has 30 heavy (non-hydrogen) atoms. The number of pyridine rings is 1. The van der Waals surface area contributed by atoms with Gasteiger partial charge < -0.3 is 22.4 Å². The van der Waals surface area contributed by atoms with Crippen molar-refractivity contribution in [3.8, 4) is 10.7 Å². The van der Waals surface area contributed by atoms with Crippen LogP contribution in [0.1, 0.15) is 15.3 Å². The predicted molar refractivity (Wildman–Crippen MR) is 123 cm³/mol. The summed E-state index contributed by atoms with van der Waals surface area (Å²) in [5.74, 6) is 5.96. The summed E-state index contributed by atoms with van der Waals surface area (Å²) in [6.07, 6.45) is 6.75. The smallest absolute Gasteiger partial charge is 0.177 e. The average molecular weight is 438 g/mol. The largest absolute Gasteiger partial charge is 0.397 e. The molecule has 0 aliphatic heterocycles. The maximum Gasteiger partial charge on any atom is 0.177 e. The van der Waals surface area contributed by atoms with Gasteiger partial charge in [0.2, 0.25) is 0 Å². The first-order chi connectivity index (χ1) is 14.7. The molecule has 4 rings (SSSR count). The standard InChI is InChI=1S/C19H19N9S2/c1-23-27-18(26-22)15-4-3-14(30-15)17(21)12(8-20)11-2-5-16-25-9-13(28(16)10-11)19-24-6-7-29-19/h2-10,20,23H,21-22H2,1H3,(H,26,27). The Kier molecular flexibility index (Phi) is 5.57. The lowest BCUT2D eigenvalue weighted by molar-refractivity contribution is 0.766. The van der Waals surface area contributed by atoms with Crippen LogP contribution in [0.15, 0.2) is 53.3 Å². The Bertz CT molecular complexity index is 1250. The SMILES string of the molecule is CNN/C(=N\N)c1ccc(C(N)=C(C=N)c2ccc3ncc(-c4nccs4)n3c2)s1. The van der Waals surface area contributed by atoms with Crippen LogP contribution in [0.2, 0.25) is 0 Å². The van der Waals surface area contributed by atoms with Crippen LogP contribution in [0.4, 0.5) is 0 Å². The lowest BCUT2D eigenvalue weighted by Gasteiger charge is -2.08. The lowest BCUT2D eigenvalue weighted by Crippen LogP contribution is -2.35. The van der Waals surface area contributed by atoms with Crippen molar-refractivity contribution in [3.05, 3.63) is 63.6 Å².